The fraction of sp³-hybridized carbons (Fsp3) is 0.294. The van der Waals surface area contributed by atoms with Gasteiger partial charge in [-0.15, -0.1) is 0 Å². The van der Waals surface area contributed by atoms with Crippen LogP contribution in [0.2, 0.25) is 0 Å². The minimum Gasteiger partial charge on any atom is -0.495 e. The molecule has 0 saturated heterocycles. The van der Waals surface area contributed by atoms with E-state index >= 15 is 0 Å². The van der Waals surface area contributed by atoms with Crippen molar-refractivity contribution in [2.75, 3.05) is 25.7 Å². The minimum absolute atomic E-state index is 0.0270. The SMILES string of the molecule is COc1ccccc1S(=O)(=O)CCCS(=O)(=O)c1ccccc1OC. The molecule has 25 heavy (non-hydrogen) atoms. The molecule has 0 amide bonds. The average Bonchev–Trinajstić information content (AvgIpc) is 2.61. The zero-order valence-corrected chi connectivity index (χ0v) is 15.6. The van der Waals surface area contributed by atoms with Gasteiger partial charge in [0.2, 0.25) is 0 Å². The third-order valence-electron chi connectivity index (χ3n) is 3.63. The molecule has 0 spiro atoms. The Kier molecular flexibility index (Phi) is 6.07. The molecule has 0 radical (unpaired) electrons. The van der Waals surface area contributed by atoms with Crippen LogP contribution in [0.15, 0.2) is 58.3 Å². The van der Waals surface area contributed by atoms with Gasteiger partial charge in [-0.2, -0.15) is 0 Å². The van der Waals surface area contributed by atoms with Crippen LogP contribution < -0.4 is 9.47 Å². The summed E-state index contributed by atoms with van der Waals surface area (Å²) in [6, 6.07) is 12.5. The minimum atomic E-state index is -3.64. The largest absolute Gasteiger partial charge is 0.495 e. The Hall–Kier alpha value is -2.06. The summed E-state index contributed by atoms with van der Waals surface area (Å²) in [7, 11) is -4.51. The number of hydrogen-bond acceptors (Lipinski definition) is 6. The summed E-state index contributed by atoms with van der Waals surface area (Å²) in [5.41, 5.74) is 0. The highest BCUT2D eigenvalue weighted by Gasteiger charge is 2.23. The smallest absolute Gasteiger partial charge is 0.182 e. The number of para-hydroxylation sites is 2. The van der Waals surface area contributed by atoms with Crippen LogP contribution in [0.1, 0.15) is 6.42 Å². The molecule has 2 aromatic carbocycles. The van der Waals surface area contributed by atoms with E-state index in [2.05, 4.69) is 0 Å². The first kappa shape index (κ1) is 19.3. The van der Waals surface area contributed by atoms with E-state index in [4.69, 9.17) is 9.47 Å². The molecule has 2 rings (SSSR count). The molecule has 0 aromatic heterocycles. The summed E-state index contributed by atoms with van der Waals surface area (Å²) in [5.74, 6) is -0.0890. The lowest BCUT2D eigenvalue weighted by Crippen LogP contribution is -2.14. The van der Waals surface area contributed by atoms with E-state index in [1.807, 2.05) is 0 Å². The normalized spacial score (nSPS) is 11.9. The van der Waals surface area contributed by atoms with E-state index < -0.39 is 19.7 Å². The van der Waals surface area contributed by atoms with Gasteiger partial charge in [0.25, 0.3) is 0 Å². The van der Waals surface area contributed by atoms with E-state index in [-0.39, 0.29) is 39.2 Å². The monoisotopic (exact) mass is 384 g/mol. The van der Waals surface area contributed by atoms with Crippen molar-refractivity contribution in [3.8, 4) is 11.5 Å². The molecule has 0 bridgehead atoms. The van der Waals surface area contributed by atoms with E-state index in [1.54, 1.807) is 36.4 Å². The summed E-state index contributed by atoms with van der Waals surface area (Å²) in [5, 5.41) is 0. The molecule has 0 unspecified atom stereocenters. The second-order valence-corrected chi connectivity index (χ2v) is 9.45. The van der Waals surface area contributed by atoms with Gasteiger partial charge in [0.1, 0.15) is 21.3 Å². The second-order valence-electron chi connectivity index (χ2n) is 5.29. The summed E-state index contributed by atoms with van der Waals surface area (Å²) >= 11 is 0. The van der Waals surface area contributed by atoms with Gasteiger partial charge in [-0.25, -0.2) is 16.8 Å². The van der Waals surface area contributed by atoms with Crippen molar-refractivity contribution < 1.29 is 26.3 Å². The van der Waals surface area contributed by atoms with Gasteiger partial charge < -0.3 is 9.47 Å². The number of sulfone groups is 2. The molecular formula is C17H20O6S2. The summed E-state index contributed by atoms with van der Waals surface area (Å²) in [6.45, 7) is 0. The lowest BCUT2D eigenvalue weighted by atomic mass is 10.3. The van der Waals surface area contributed by atoms with Gasteiger partial charge in [0.15, 0.2) is 19.7 Å². The first-order valence-electron chi connectivity index (χ1n) is 7.53. The molecule has 0 saturated carbocycles. The first-order valence-corrected chi connectivity index (χ1v) is 10.8. The van der Waals surface area contributed by atoms with E-state index in [0.717, 1.165) is 0 Å². The number of rotatable bonds is 8. The number of methoxy groups -OCH3 is 2. The molecule has 0 fully saturated rings. The molecule has 6 nitrogen and oxygen atoms in total. The van der Waals surface area contributed by atoms with E-state index in [9.17, 15) is 16.8 Å². The Morgan fingerprint density at radius 3 is 1.40 bits per heavy atom. The Morgan fingerprint density at radius 2 is 1.04 bits per heavy atom. The van der Waals surface area contributed by atoms with Crippen LogP contribution in [0.3, 0.4) is 0 Å². The third kappa shape index (κ3) is 4.52. The maximum Gasteiger partial charge on any atom is 0.182 e. The average molecular weight is 384 g/mol. The molecule has 0 heterocycles. The standard InChI is InChI=1S/C17H20O6S2/c1-22-14-8-3-5-10-16(14)24(18,19)12-7-13-25(20,21)17-11-6-4-9-15(17)23-2/h3-6,8-11H,7,12-13H2,1-2H3. The summed E-state index contributed by atoms with van der Waals surface area (Å²) in [6.07, 6.45) is -0.0270. The van der Waals surface area contributed by atoms with Gasteiger partial charge in [0, 0.05) is 0 Å². The van der Waals surface area contributed by atoms with Crippen LogP contribution in [0.25, 0.3) is 0 Å². The lowest BCUT2D eigenvalue weighted by Gasteiger charge is -2.11. The maximum atomic E-state index is 12.5. The Labute approximate surface area is 148 Å². The highest BCUT2D eigenvalue weighted by atomic mass is 32.2. The number of benzene rings is 2. The summed E-state index contributed by atoms with van der Waals surface area (Å²) < 4.78 is 60.0. The van der Waals surface area contributed by atoms with Crippen LogP contribution in [0.4, 0.5) is 0 Å². The molecular weight excluding hydrogens is 364 g/mol. The Morgan fingerprint density at radius 1 is 0.680 bits per heavy atom. The fourth-order valence-electron chi connectivity index (χ4n) is 2.41. The van der Waals surface area contributed by atoms with Crippen molar-refractivity contribution >= 4 is 19.7 Å². The topological polar surface area (TPSA) is 86.7 Å². The maximum absolute atomic E-state index is 12.5. The van der Waals surface area contributed by atoms with Crippen LogP contribution >= 0.6 is 0 Å². The zero-order valence-electron chi connectivity index (χ0n) is 14.0. The first-order chi connectivity index (χ1) is 11.8. The molecule has 0 atom stereocenters. The highest BCUT2D eigenvalue weighted by molar-refractivity contribution is 7.92. The zero-order chi connectivity index (χ0) is 18.5. The molecule has 0 aliphatic rings. The van der Waals surface area contributed by atoms with Crippen LogP contribution in [0.5, 0.6) is 11.5 Å². The Balaban J connectivity index is 2.14. The van der Waals surface area contributed by atoms with Crippen LogP contribution in [-0.4, -0.2) is 42.6 Å². The quantitative estimate of drug-likeness (QED) is 0.694. The Bertz CT molecular complexity index is 856. The molecule has 2 aromatic rings. The number of hydrogen-bond donors (Lipinski definition) is 0. The second kappa shape index (κ2) is 7.88. The molecule has 0 aliphatic carbocycles. The molecule has 136 valence electrons. The van der Waals surface area contributed by atoms with E-state index in [1.165, 1.54) is 26.4 Å². The predicted octanol–water partition coefficient (Wildman–Crippen LogP) is 2.34. The highest BCUT2D eigenvalue weighted by Crippen LogP contribution is 2.26. The van der Waals surface area contributed by atoms with Crippen molar-refractivity contribution in [3.05, 3.63) is 48.5 Å². The van der Waals surface area contributed by atoms with E-state index in [0.29, 0.717) is 0 Å². The molecule has 8 heteroatoms. The number of ether oxygens (including phenoxy) is 2. The van der Waals surface area contributed by atoms with Crippen LogP contribution in [0, 0.1) is 0 Å². The van der Waals surface area contributed by atoms with Crippen LogP contribution in [-0.2, 0) is 19.7 Å². The molecule has 0 N–H and O–H groups in total. The van der Waals surface area contributed by atoms with Crippen molar-refractivity contribution in [2.45, 2.75) is 16.2 Å². The van der Waals surface area contributed by atoms with Gasteiger partial charge in [-0.05, 0) is 30.7 Å². The van der Waals surface area contributed by atoms with Crippen molar-refractivity contribution in [3.63, 3.8) is 0 Å². The summed E-state index contributed by atoms with van der Waals surface area (Å²) in [4.78, 5) is 0.124. The predicted molar refractivity (Wildman–Crippen MR) is 94.7 cm³/mol. The van der Waals surface area contributed by atoms with Gasteiger partial charge >= 0.3 is 0 Å². The fourth-order valence-corrected chi connectivity index (χ4v) is 5.57. The van der Waals surface area contributed by atoms with Gasteiger partial charge in [0.05, 0.1) is 25.7 Å². The van der Waals surface area contributed by atoms with Crippen molar-refractivity contribution in [2.24, 2.45) is 0 Å². The third-order valence-corrected chi connectivity index (χ3v) is 7.30. The van der Waals surface area contributed by atoms with Crippen molar-refractivity contribution in [1.82, 2.24) is 0 Å². The van der Waals surface area contributed by atoms with Gasteiger partial charge in [-0.1, -0.05) is 24.3 Å². The van der Waals surface area contributed by atoms with Crippen molar-refractivity contribution in [1.29, 1.82) is 0 Å². The lowest BCUT2D eigenvalue weighted by molar-refractivity contribution is 0.402. The van der Waals surface area contributed by atoms with Gasteiger partial charge in [-0.3, -0.25) is 0 Å². The molecule has 0 aliphatic heterocycles.